The first-order valence-electron chi connectivity index (χ1n) is 9.58. The molecule has 8 heteroatoms. The summed E-state index contributed by atoms with van der Waals surface area (Å²) in [6.45, 7) is 0.371. The summed E-state index contributed by atoms with van der Waals surface area (Å²) in [6, 6.07) is 6.28. The molecule has 3 atom stereocenters. The molecule has 3 aliphatic rings. The van der Waals surface area contributed by atoms with E-state index in [1.807, 2.05) is 0 Å². The van der Waals surface area contributed by atoms with Crippen LogP contribution in [0, 0.1) is 17.8 Å². The fourth-order valence-corrected chi connectivity index (χ4v) is 6.22. The summed E-state index contributed by atoms with van der Waals surface area (Å²) < 4.78 is 26.7. The maximum absolute atomic E-state index is 12.8. The van der Waals surface area contributed by atoms with Crippen molar-refractivity contribution in [3.05, 3.63) is 24.3 Å². The van der Waals surface area contributed by atoms with Crippen molar-refractivity contribution < 1.29 is 18.0 Å². The standard InChI is InChI=1S/C19H25N3O4S/c23-18(10-15-9-13-4-5-14(15)8-13)21-16-2-1-3-17(11-16)27(25,26)22-7-6-20-19(24)12-22/h1-3,11,13-15H,4-10,12H2,(H,20,24)(H,21,23). The van der Waals surface area contributed by atoms with Gasteiger partial charge in [0.15, 0.2) is 0 Å². The molecule has 7 nitrogen and oxygen atoms in total. The number of piperazine rings is 1. The predicted octanol–water partition coefficient (Wildman–Crippen LogP) is 1.57. The van der Waals surface area contributed by atoms with E-state index in [4.69, 9.17) is 0 Å². The van der Waals surface area contributed by atoms with E-state index < -0.39 is 10.0 Å². The maximum atomic E-state index is 12.8. The number of anilines is 1. The number of nitrogens with zero attached hydrogens (tertiary/aromatic N) is 1. The van der Waals surface area contributed by atoms with Crippen molar-refractivity contribution in [1.82, 2.24) is 9.62 Å². The maximum Gasteiger partial charge on any atom is 0.243 e. The second kappa shape index (κ2) is 7.24. The number of carbonyl (C=O) groups is 2. The monoisotopic (exact) mass is 391 g/mol. The van der Waals surface area contributed by atoms with Crippen molar-refractivity contribution in [1.29, 1.82) is 0 Å². The van der Waals surface area contributed by atoms with Gasteiger partial charge in [0.1, 0.15) is 0 Å². The van der Waals surface area contributed by atoms with E-state index in [1.54, 1.807) is 12.1 Å². The van der Waals surface area contributed by atoms with E-state index >= 15 is 0 Å². The number of hydrogen-bond donors (Lipinski definition) is 2. The number of carbonyl (C=O) groups excluding carboxylic acids is 2. The van der Waals surface area contributed by atoms with Crippen LogP contribution in [0.5, 0.6) is 0 Å². The molecule has 0 aromatic heterocycles. The second-order valence-electron chi connectivity index (χ2n) is 7.90. The first kappa shape index (κ1) is 18.4. The Morgan fingerprint density at radius 1 is 1.26 bits per heavy atom. The van der Waals surface area contributed by atoms with E-state index in [2.05, 4.69) is 10.6 Å². The Bertz CT molecular complexity index is 854. The Morgan fingerprint density at radius 2 is 2.11 bits per heavy atom. The number of nitrogens with one attached hydrogen (secondary N) is 2. The highest BCUT2D eigenvalue weighted by atomic mass is 32.2. The minimum Gasteiger partial charge on any atom is -0.354 e. The van der Waals surface area contributed by atoms with Gasteiger partial charge in [-0.2, -0.15) is 4.31 Å². The van der Waals surface area contributed by atoms with Crippen LogP contribution in [0.1, 0.15) is 32.1 Å². The largest absolute Gasteiger partial charge is 0.354 e. The minimum atomic E-state index is -3.76. The first-order valence-corrected chi connectivity index (χ1v) is 11.0. The number of hydrogen-bond acceptors (Lipinski definition) is 4. The molecule has 1 heterocycles. The third-order valence-corrected chi connectivity index (χ3v) is 7.93. The van der Waals surface area contributed by atoms with Crippen molar-refractivity contribution in [3.63, 3.8) is 0 Å². The van der Waals surface area contributed by atoms with Crippen LogP contribution in [-0.4, -0.2) is 44.2 Å². The van der Waals surface area contributed by atoms with Crippen molar-refractivity contribution >= 4 is 27.5 Å². The molecule has 2 bridgehead atoms. The predicted molar refractivity (Wildman–Crippen MR) is 100 cm³/mol. The van der Waals surface area contributed by atoms with Gasteiger partial charge in [0.2, 0.25) is 21.8 Å². The number of benzene rings is 1. The Labute approximate surface area is 159 Å². The lowest BCUT2D eigenvalue weighted by Crippen LogP contribution is -2.49. The van der Waals surface area contributed by atoms with Crippen LogP contribution in [0.4, 0.5) is 5.69 Å². The van der Waals surface area contributed by atoms with Crippen molar-refractivity contribution in [2.75, 3.05) is 25.0 Å². The van der Waals surface area contributed by atoms with Crippen LogP contribution in [0.15, 0.2) is 29.2 Å². The zero-order valence-corrected chi connectivity index (χ0v) is 16.0. The lowest BCUT2D eigenvalue weighted by molar-refractivity contribution is -0.122. The second-order valence-corrected chi connectivity index (χ2v) is 9.84. The third-order valence-electron chi connectivity index (χ3n) is 6.09. The molecule has 1 aliphatic heterocycles. The molecule has 1 aromatic carbocycles. The van der Waals surface area contributed by atoms with Crippen LogP contribution >= 0.6 is 0 Å². The lowest BCUT2D eigenvalue weighted by Gasteiger charge is -2.26. The molecule has 2 aliphatic carbocycles. The third kappa shape index (κ3) is 3.87. The number of rotatable bonds is 5. The van der Waals surface area contributed by atoms with Crippen molar-refractivity contribution in [3.8, 4) is 0 Å². The molecule has 4 rings (SSSR count). The van der Waals surface area contributed by atoms with Gasteiger partial charge in [-0.05, 0) is 55.2 Å². The molecule has 2 saturated carbocycles. The molecule has 1 aromatic rings. The minimum absolute atomic E-state index is 0.0561. The molecule has 3 unspecified atom stereocenters. The number of amides is 2. The Morgan fingerprint density at radius 3 is 2.81 bits per heavy atom. The number of fused-ring (bicyclic) bond motifs is 2. The molecule has 27 heavy (non-hydrogen) atoms. The van der Waals surface area contributed by atoms with Crippen LogP contribution in [0.25, 0.3) is 0 Å². The van der Waals surface area contributed by atoms with Crippen LogP contribution in [0.3, 0.4) is 0 Å². The highest BCUT2D eigenvalue weighted by molar-refractivity contribution is 7.89. The summed E-state index contributed by atoms with van der Waals surface area (Å²) in [5.41, 5.74) is 0.477. The summed E-state index contributed by atoms with van der Waals surface area (Å²) in [5.74, 6) is 1.57. The summed E-state index contributed by atoms with van der Waals surface area (Å²) in [6.07, 6.45) is 5.44. The van der Waals surface area contributed by atoms with Gasteiger partial charge in [-0.3, -0.25) is 9.59 Å². The van der Waals surface area contributed by atoms with Crippen LogP contribution in [0.2, 0.25) is 0 Å². The summed E-state index contributed by atoms with van der Waals surface area (Å²) in [7, 11) is -3.76. The molecule has 146 valence electrons. The molecule has 2 amide bonds. The smallest absolute Gasteiger partial charge is 0.243 e. The van der Waals surface area contributed by atoms with Crippen LogP contribution < -0.4 is 10.6 Å². The number of sulfonamides is 1. The average Bonchev–Trinajstić information content (AvgIpc) is 3.25. The fraction of sp³-hybridized carbons (Fsp3) is 0.579. The summed E-state index contributed by atoms with van der Waals surface area (Å²) in [5, 5.41) is 5.47. The molecule has 0 radical (unpaired) electrons. The van der Waals surface area contributed by atoms with Crippen molar-refractivity contribution in [2.24, 2.45) is 17.8 Å². The van der Waals surface area contributed by atoms with Gasteiger partial charge in [0.05, 0.1) is 11.4 Å². The Balaban J connectivity index is 1.42. The molecule has 1 saturated heterocycles. The van der Waals surface area contributed by atoms with Gasteiger partial charge in [0, 0.05) is 25.2 Å². The molecule has 2 N–H and O–H groups in total. The van der Waals surface area contributed by atoms with Crippen LogP contribution in [-0.2, 0) is 19.6 Å². The lowest BCUT2D eigenvalue weighted by atomic mass is 9.86. The summed E-state index contributed by atoms with van der Waals surface area (Å²) in [4.78, 5) is 24.0. The van der Waals surface area contributed by atoms with Crippen molar-refractivity contribution in [2.45, 2.75) is 37.0 Å². The zero-order chi connectivity index (χ0) is 19.0. The van der Waals surface area contributed by atoms with E-state index in [0.29, 0.717) is 30.5 Å². The molecule has 0 spiro atoms. The SMILES string of the molecule is O=C1CN(S(=O)(=O)c2cccc(NC(=O)CC3CC4CCC3C4)c2)CCN1. The Hall–Kier alpha value is -1.93. The summed E-state index contributed by atoms with van der Waals surface area (Å²) >= 11 is 0. The van der Waals surface area contributed by atoms with E-state index in [1.165, 1.54) is 35.7 Å². The average molecular weight is 391 g/mol. The van der Waals surface area contributed by atoms with E-state index in [0.717, 1.165) is 12.3 Å². The first-order chi connectivity index (χ1) is 12.9. The van der Waals surface area contributed by atoms with Gasteiger partial charge in [-0.25, -0.2) is 8.42 Å². The highest BCUT2D eigenvalue weighted by Crippen LogP contribution is 2.49. The quantitative estimate of drug-likeness (QED) is 0.796. The normalized spacial score (nSPS) is 28.1. The molecular formula is C19H25N3O4S. The highest BCUT2D eigenvalue weighted by Gasteiger charge is 2.40. The van der Waals surface area contributed by atoms with Gasteiger partial charge in [-0.15, -0.1) is 0 Å². The fourth-order valence-electron chi connectivity index (χ4n) is 4.78. The van der Waals surface area contributed by atoms with Gasteiger partial charge >= 0.3 is 0 Å². The van der Waals surface area contributed by atoms with Gasteiger partial charge in [0.25, 0.3) is 0 Å². The topological polar surface area (TPSA) is 95.6 Å². The molecule has 3 fully saturated rings. The zero-order valence-electron chi connectivity index (χ0n) is 15.2. The van der Waals surface area contributed by atoms with E-state index in [9.17, 15) is 18.0 Å². The van der Waals surface area contributed by atoms with E-state index in [-0.39, 0.29) is 29.8 Å². The van der Waals surface area contributed by atoms with Gasteiger partial charge < -0.3 is 10.6 Å². The molecular weight excluding hydrogens is 366 g/mol. The van der Waals surface area contributed by atoms with Gasteiger partial charge in [-0.1, -0.05) is 12.5 Å². The Kier molecular flexibility index (Phi) is 4.94.